The summed E-state index contributed by atoms with van der Waals surface area (Å²) in [5.74, 6) is 0.268. The van der Waals surface area contributed by atoms with Crippen molar-refractivity contribution >= 4 is 11.7 Å². The molecule has 1 amide bonds. The predicted molar refractivity (Wildman–Crippen MR) is 64.8 cm³/mol. The molecule has 17 heavy (non-hydrogen) atoms. The molecule has 0 saturated carbocycles. The Bertz CT molecular complexity index is 401. The molecule has 0 radical (unpaired) electrons. The number of rotatable bonds is 4. The maximum Gasteiger partial charge on any atom is 0.273 e. The zero-order valence-corrected chi connectivity index (χ0v) is 10.6. The van der Waals surface area contributed by atoms with Crippen LogP contribution in [0.1, 0.15) is 24.3 Å². The molecular weight excluding hydrogens is 220 g/mol. The summed E-state index contributed by atoms with van der Waals surface area (Å²) in [4.78, 5) is 21.4. The number of nitrogens with one attached hydrogen (secondary N) is 1. The molecule has 0 aliphatic rings. The first-order chi connectivity index (χ1) is 7.83. The van der Waals surface area contributed by atoms with Crippen LogP contribution >= 0.6 is 0 Å². The van der Waals surface area contributed by atoms with E-state index in [0.717, 1.165) is 0 Å². The highest BCUT2D eigenvalue weighted by Crippen LogP contribution is 2.08. The van der Waals surface area contributed by atoms with Gasteiger partial charge in [0.25, 0.3) is 5.91 Å². The van der Waals surface area contributed by atoms with Gasteiger partial charge in [-0.2, -0.15) is 0 Å². The van der Waals surface area contributed by atoms with Crippen molar-refractivity contribution in [3.05, 3.63) is 18.1 Å². The van der Waals surface area contributed by atoms with E-state index in [4.69, 9.17) is 0 Å². The van der Waals surface area contributed by atoms with Crippen LogP contribution in [0.25, 0.3) is 0 Å². The zero-order valence-electron chi connectivity index (χ0n) is 10.6. The predicted octanol–water partition coefficient (Wildman–Crippen LogP) is 0.361. The molecule has 0 fully saturated rings. The van der Waals surface area contributed by atoms with E-state index in [-0.39, 0.29) is 18.1 Å². The number of hydrogen-bond donors (Lipinski definition) is 2. The van der Waals surface area contributed by atoms with Crippen molar-refractivity contribution in [1.82, 2.24) is 14.9 Å². The van der Waals surface area contributed by atoms with Crippen molar-refractivity contribution in [3.8, 4) is 0 Å². The fourth-order valence-electron chi connectivity index (χ4n) is 1.44. The van der Waals surface area contributed by atoms with Crippen LogP contribution in [-0.4, -0.2) is 52.1 Å². The lowest BCUT2D eigenvalue weighted by Gasteiger charge is -2.25. The quantitative estimate of drug-likeness (QED) is 0.792. The Hall–Kier alpha value is -1.69. The van der Waals surface area contributed by atoms with Crippen LogP contribution in [0, 0.1) is 0 Å². The molecule has 0 aliphatic carbocycles. The van der Waals surface area contributed by atoms with Crippen LogP contribution in [-0.2, 0) is 0 Å². The maximum absolute atomic E-state index is 12.0. The molecule has 0 aromatic carbocycles. The van der Waals surface area contributed by atoms with E-state index in [1.807, 2.05) is 0 Å². The molecule has 0 unspecified atom stereocenters. The summed E-state index contributed by atoms with van der Waals surface area (Å²) >= 11 is 0. The number of aliphatic hydroxyl groups is 1. The minimum absolute atomic E-state index is 0.233. The lowest BCUT2D eigenvalue weighted by Crippen LogP contribution is -2.40. The average molecular weight is 238 g/mol. The highest BCUT2D eigenvalue weighted by atomic mass is 16.3. The minimum atomic E-state index is -0.932. The van der Waals surface area contributed by atoms with Gasteiger partial charge in [-0.15, -0.1) is 0 Å². The summed E-state index contributed by atoms with van der Waals surface area (Å²) in [6.45, 7) is 3.52. The van der Waals surface area contributed by atoms with Crippen LogP contribution in [0.3, 0.4) is 0 Å². The second kappa shape index (κ2) is 5.09. The van der Waals surface area contributed by atoms with E-state index < -0.39 is 5.60 Å². The van der Waals surface area contributed by atoms with Gasteiger partial charge in [0.05, 0.1) is 18.0 Å². The fourth-order valence-corrected chi connectivity index (χ4v) is 1.44. The summed E-state index contributed by atoms with van der Waals surface area (Å²) < 4.78 is 0. The van der Waals surface area contributed by atoms with Crippen LogP contribution in [0.4, 0.5) is 5.82 Å². The summed E-state index contributed by atoms with van der Waals surface area (Å²) in [5, 5.41) is 12.5. The van der Waals surface area contributed by atoms with Crippen LogP contribution < -0.4 is 5.32 Å². The van der Waals surface area contributed by atoms with Gasteiger partial charge in [0, 0.05) is 20.6 Å². The Labute approximate surface area is 101 Å². The van der Waals surface area contributed by atoms with E-state index in [2.05, 4.69) is 15.3 Å². The monoisotopic (exact) mass is 238 g/mol. The molecule has 2 N–H and O–H groups in total. The van der Waals surface area contributed by atoms with Crippen molar-refractivity contribution < 1.29 is 9.90 Å². The van der Waals surface area contributed by atoms with Gasteiger partial charge in [-0.1, -0.05) is 0 Å². The van der Waals surface area contributed by atoms with E-state index in [9.17, 15) is 9.90 Å². The Morgan fingerprint density at radius 2 is 2.18 bits per heavy atom. The molecule has 0 aliphatic heterocycles. The lowest BCUT2D eigenvalue weighted by atomic mass is 10.1. The van der Waals surface area contributed by atoms with Gasteiger partial charge in [0.15, 0.2) is 0 Å². The van der Waals surface area contributed by atoms with Crippen molar-refractivity contribution in [2.45, 2.75) is 19.4 Å². The molecule has 0 spiro atoms. The highest BCUT2D eigenvalue weighted by molar-refractivity contribution is 5.92. The third-order valence-corrected chi connectivity index (χ3v) is 2.08. The Morgan fingerprint density at radius 3 is 2.71 bits per heavy atom. The first-order valence-corrected chi connectivity index (χ1v) is 5.31. The van der Waals surface area contributed by atoms with Crippen LogP contribution in [0.5, 0.6) is 0 Å². The van der Waals surface area contributed by atoms with Crippen molar-refractivity contribution in [1.29, 1.82) is 0 Å². The van der Waals surface area contributed by atoms with E-state index in [1.165, 1.54) is 17.3 Å². The number of amides is 1. The Balaban J connectivity index is 2.81. The summed E-state index contributed by atoms with van der Waals surface area (Å²) in [6, 6.07) is 0. The van der Waals surface area contributed by atoms with Gasteiger partial charge in [0.1, 0.15) is 11.5 Å². The second-order valence-corrected chi connectivity index (χ2v) is 4.51. The van der Waals surface area contributed by atoms with Crippen molar-refractivity contribution in [3.63, 3.8) is 0 Å². The smallest absolute Gasteiger partial charge is 0.273 e. The molecule has 1 rings (SSSR count). The normalized spacial score (nSPS) is 11.1. The third-order valence-electron chi connectivity index (χ3n) is 2.08. The number of carbonyl (C=O) groups is 1. The number of carbonyl (C=O) groups excluding carboxylic acids is 1. The molecule has 6 heteroatoms. The van der Waals surface area contributed by atoms with Gasteiger partial charge < -0.3 is 15.3 Å². The van der Waals surface area contributed by atoms with Gasteiger partial charge in [-0.3, -0.25) is 9.78 Å². The van der Waals surface area contributed by atoms with Crippen molar-refractivity contribution in [2.24, 2.45) is 0 Å². The van der Waals surface area contributed by atoms with E-state index in [0.29, 0.717) is 5.82 Å². The number of aromatic nitrogens is 2. The molecule has 1 aromatic rings. The maximum atomic E-state index is 12.0. The molecule has 1 aromatic heterocycles. The summed E-state index contributed by atoms with van der Waals surface area (Å²) in [6.07, 6.45) is 2.94. The minimum Gasteiger partial charge on any atom is -0.389 e. The number of anilines is 1. The topological polar surface area (TPSA) is 78.4 Å². The van der Waals surface area contributed by atoms with E-state index in [1.54, 1.807) is 27.9 Å². The second-order valence-electron chi connectivity index (χ2n) is 4.51. The van der Waals surface area contributed by atoms with Gasteiger partial charge in [-0.25, -0.2) is 4.98 Å². The first kappa shape index (κ1) is 13.4. The molecule has 0 atom stereocenters. The standard InChI is InChI=1S/C11H18N4O2/c1-11(2,17)7-15(4)10(16)8-5-13-6-9(12-3)14-8/h5-6,17H,7H2,1-4H3,(H,12,14). The molecule has 1 heterocycles. The highest BCUT2D eigenvalue weighted by Gasteiger charge is 2.21. The summed E-state index contributed by atoms with van der Waals surface area (Å²) in [5.41, 5.74) is -0.679. The molecule has 0 saturated heterocycles. The molecular formula is C11H18N4O2. The SMILES string of the molecule is CNc1cncc(C(=O)N(C)CC(C)(C)O)n1. The summed E-state index contributed by atoms with van der Waals surface area (Å²) in [7, 11) is 3.33. The Morgan fingerprint density at radius 1 is 1.53 bits per heavy atom. The number of likely N-dealkylation sites (N-methyl/N-ethyl adjacent to an activating group) is 1. The lowest BCUT2D eigenvalue weighted by molar-refractivity contribution is 0.0364. The number of nitrogens with zero attached hydrogens (tertiary/aromatic N) is 3. The fraction of sp³-hybridized carbons (Fsp3) is 0.545. The zero-order chi connectivity index (χ0) is 13.1. The van der Waals surface area contributed by atoms with E-state index >= 15 is 0 Å². The van der Waals surface area contributed by atoms with Gasteiger partial charge in [0.2, 0.25) is 0 Å². The largest absolute Gasteiger partial charge is 0.389 e. The molecule has 0 bridgehead atoms. The van der Waals surface area contributed by atoms with Crippen LogP contribution in [0.2, 0.25) is 0 Å². The Kier molecular flexibility index (Phi) is 4.01. The molecule has 94 valence electrons. The van der Waals surface area contributed by atoms with Gasteiger partial charge >= 0.3 is 0 Å². The van der Waals surface area contributed by atoms with Crippen molar-refractivity contribution in [2.75, 3.05) is 26.0 Å². The number of hydrogen-bond acceptors (Lipinski definition) is 5. The third kappa shape index (κ3) is 3.99. The average Bonchev–Trinajstić information content (AvgIpc) is 2.26. The first-order valence-electron chi connectivity index (χ1n) is 5.31. The van der Waals surface area contributed by atoms with Crippen LogP contribution in [0.15, 0.2) is 12.4 Å². The molecule has 6 nitrogen and oxygen atoms in total. The van der Waals surface area contributed by atoms with Gasteiger partial charge in [-0.05, 0) is 13.8 Å².